The second-order valence-electron chi connectivity index (χ2n) is 3.03. The molecule has 0 spiro atoms. The van der Waals surface area contributed by atoms with Crippen LogP contribution in [0.1, 0.15) is 5.56 Å². The Hall–Kier alpha value is -0.981. The first kappa shape index (κ1) is 11.1. The van der Waals surface area contributed by atoms with E-state index in [9.17, 15) is 0 Å². The molecule has 0 aliphatic rings. The van der Waals surface area contributed by atoms with Gasteiger partial charge in [0.2, 0.25) is 0 Å². The van der Waals surface area contributed by atoms with Crippen LogP contribution in [0.2, 0.25) is 0 Å². The van der Waals surface area contributed by atoms with Gasteiger partial charge in [-0.3, -0.25) is 4.98 Å². The molecule has 0 aliphatic heterocycles. The minimum atomic E-state index is 0. The zero-order valence-electron chi connectivity index (χ0n) is 7.90. The van der Waals surface area contributed by atoms with E-state index in [1.165, 1.54) is 11.1 Å². The van der Waals surface area contributed by atoms with Crippen molar-refractivity contribution in [3.8, 4) is 11.3 Å². The third-order valence-corrected chi connectivity index (χ3v) is 2.06. The topological polar surface area (TPSA) is 12.9 Å². The molecule has 0 radical (unpaired) electrons. The number of hydrogen-bond acceptors (Lipinski definition) is 1. The van der Waals surface area contributed by atoms with Crippen molar-refractivity contribution in [2.75, 3.05) is 0 Å². The van der Waals surface area contributed by atoms with Crippen molar-refractivity contribution >= 4 is 0 Å². The third-order valence-electron chi connectivity index (χ3n) is 2.06. The van der Waals surface area contributed by atoms with Crippen molar-refractivity contribution < 1.29 is 20.1 Å². The van der Waals surface area contributed by atoms with Crippen LogP contribution in [-0.4, -0.2) is 4.98 Å². The van der Waals surface area contributed by atoms with Gasteiger partial charge in [0, 0.05) is 11.8 Å². The van der Waals surface area contributed by atoms with Crippen LogP contribution >= 0.6 is 0 Å². The maximum absolute atomic E-state index is 4.35. The van der Waals surface area contributed by atoms with E-state index in [1.54, 1.807) is 0 Å². The molecular formula is C12H11IrN+3. The maximum atomic E-state index is 4.35. The molecule has 1 aromatic carbocycles. The van der Waals surface area contributed by atoms with E-state index in [-0.39, 0.29) is 20.1 Å². The Morgan fingerprint density at radius 1 is 0.929 bits per heavy atom. The molecule has 0 saturated carbocycles. The van der Waals surface area contributed by atoms with Crippen molar-refractivity contribution in [2.45, 2.75) is 6.92 Å². The first-order chi connectivity index (χ1) is 6.38. The second kappa shape index (κ2) is 5.04. The quantitative estimate of drug-likeness (QED) is 0.761. The van der Waals surface area contributed by atoms with Crippen molar-refractivity contribution in [3.05, 3.63) is 54.2 Å². The van der Waals surface area contributed by atoms with Crippen molar-refractivity contribution in [1.29, 1.82) is 0 Å². The molecule has 0 amide bonds. The number of rotatable bonds is 1. The van der Waals surface area contributed by atoms with Crippen LogP contribution < -0.4 is 0 Å². The SMILES string of the molecule is Cc1cccnc1-c1ccccc1.[Ir+3]. The summed E-state index contributed by atoms with van der Waals surface area (Å²) in [6.45, 7) is 2.08. The summed E-state index contributed by atoms with van der Waals surface area (Å²) < 4.78 is 0. The number of hydrogen-bond donors (Lipinski definition) is 0. The van der Waals surface area contributed by atoms with Gasteiger partial charge in [-0.05, 0) is 18.6 Å². The molecule has 0 atom stereocenters. The summed E-state index contributed by atoms with van der Waals surface area (Å²) in [5, 5.41) is 0. The predicted molar refractivity (Wildman–Crippen MR) is 54.4 cm³/mol. The molecule has 1 heterocycles. The molecule has 0 saturated heterocycles. The molecule has 2 rings (SSSR count). The van der Waals surface area contributed by atoms with Crippen molar-refractivity contribution in [3.63, 3.8) is 0 Å². The molecule has 2 aromatic rings. The van der Waals surface area contributed by atoms with Gasteiger partial charge in [0.25, 0.3) is 0 Å². The number of pyridine rings is 1. The molecule has 1 nitrogen and oxygen atoms in total. The maximum Gasteiger partial charge on any atom is 3.00 e. The number of nitrogens with zero attached hydrogens (tertiary/aromatic N) is 1. The van der Waals surface area contributed by atoms with Gasteiger partial charge in [-0.2, -0.15) is 0 Å². The number of aryl methyl sites for hydroxylation is 1. The largest absolute Gasteiger partial charge is 3.00 e. The Balaban J connectivity index is 0.000000980. The molecule has 14 heavy (non-hydrogen) atoms. The monoisotopic (exact) mass is 362 g/mol. The van der Waals surface area contributed by atoms with Crippen LogP contribution in [0, 0.1) is 6.92 Å². The molecule has 70 valence electrons. The minimum absolute atomic E-state index is 0. The Morgan fingerprint density at radius 2 is 1.64 bits per heavy atom. The van der Waals surface area contributed by atoms with Gasteiger partial charge in [-0.25, -0.2) is 0 Å². The van der Waals surface area contributed by atoms with Gasteiger partial charge in [-0.15, -0.1) is 0 Å². The van der Waals surface area contributed by atoms with Crippen molar-refractivity contribution in [2.24, 2.45) is 0 Å². The smallest absolute Gasteiger partial charge is 0.256 e. The summed E-state index contributed by atoms with van der Waals surface area (Å²) in [6.07, 6.45) is 1.83. The fraction of sp³-hybridized carbons (Fsp3) is 0.0833. The number of aromatic nitrogens is 1. The predicted octanol–water partition coefficient (Wildman–Crippen LogP) is 3.05. The summed E-state index contributed by atoms with van der Waals surface area (Å²) in [6, 6.07) is 14.3. The van der Waals surface area contributed by atoms with Gasteiger partial charge in [0.1, 0.15) is 0 Å². The van der Waals surface area contributed by atoms with Crippen LogP contribution in [0.4, 0.5) is 0 Å². The summed E-state index contributed by atoms with van der Waals surface area (Å²) in [5.41, 5.74) is 3.47. The third kappa shape index (κ3) is 2.28. The molecular weight excluding hydrogens is 350 g/mol. The zero-order valence-corrected chi connectivity index (χ0v) is 10.3. The van der Waals surface area contributed by atoms with E-state index in [0.29, 0.717) is 0 Å². The zero-order chi connectivity index (χ0) is 9.10. The average molecular weight is 361 g/mol. The van der Waals surface area contributed by atoms with Gasteiger partial charge in [0.15, 0.2) is 0 Å². The summed E-state index contributed by atoms with van der Waals surface area (Å²) in [7, 11) is 0. The van der Waals surface area contributed by atoms with Gasteiger partial charge >= 0.3 is 20.1 Å². The summed E-state index contributed by atoms with van der Waals surface area (Å²) in [5.74, 6) is 0. The van der Waals surface area contributed by atoms with Crippen LogP contribution in [0.5, 0.6) is 0 Å². The fourth-order valence-corrected chi connectivity index (χ4v) is 1.38. The molecule has 2 heteroatoms. The summed E-state index contributed by atoms with van der Waals surface area (Å²) >= 11 is 0. The Labute approximate surface area is 97.6 Å². The van der Waals surface area contributed by atoms with Crippen LogP contribution in [0.25, 0.3) is 11.3 Å². The van der Waals surface area contributed by atoms with E-state index in [0.717, 1.165) is 5.69 Å². The molecule has 0 aliphatic carbocycles. The molecule has 0 fully saturated rings. The molecule has 0 N–H and O–H groups in total. The van der Waals surface area contributed by atoms with E-state index in [2.05, 4.69) is 30.1 Å². The number of benzene rings is 1. The Morgan fingerprint density at radius 3 is 2.29 bits per heavy atom. The molecule has 0 unspecified atom stereocenters. The molecule has 0 bridgehead atoms. The Bertz CT molecular complexity index is 398. The van der Waals surface area contributed by atoms with Crippen LogP contribution in [0.3, 0.4) is 0 Å². The first-order valence-electron chi connectivity index (χ1n) is 4.35. The van der Waals surface area contributed by atoms with Gasteiger partial charge in [0.05, 0.1) is 5.69 Å². The standard InChI is InChI=1S/C12H11N.Ir/c1-10-6-5-9-13-12(10)11-7-3-2-4-8-11;/h2-9H,1H3;/q;+3. The Kier molecular flexibility index (Phi) is 3.99. The first-order valence-corrected chi connectivity index (χ1v) is 4.35. The minimum Gasteiger partial charge on any atom is -0.256 e. The van der Waals surface area contributed by atoms with Crippen molar-refractivity contribution in [1.82, 2.24) is 4.98 Å². The van der Waals surface area contributed by atoms with Crippen LogP contribution in [-0.2, 0) is 20.1 Å². The van der Waals surface area contributed by atoms with Gasteiger partial charge in [-0.1, -0.05) is 36.4 Å². The van der Waals surface area contributed by atoms with E-state index < -0.39 is 0 Å². The van der Waals surface area contributed by atoms with Gasteiger partial charge < -0.3 is 0 Å². The summed E-state index contributed by atoms with van der Waals surface area (Å²) in [4.78, 5) is 4.35. The normalized spacial score (nSPS) is 9.21. The average Bonchev–Trinajstić information content (AvgIpc) is 2.20. The van der Waals surface area contributed by atoms with E-state index in [1.807, 2.05) is 30.5 Å². The van der Waals surface area contributed by atoms with Crippen LogP contribution in [0.15, 0.2) is 48.7 Å². The van der Waals surface area contributed by atoms with E-state index >= 15 is 0 Å². The molecule has 1 aromatic heterocycles. The van der Waals surface area contributed by atoms with E-state index in [4.69, 9.17) is 0 Å². The second-order valence-corrected chi connectivity index (χ2v) is 3.03. The fourth-order valence-electron chi connectivity index (χ4n) is 1.38.